The average Bonchev–Trinajstić information content (AvgIpc) is 2.55. The van der Waals surface area contributed by atoms with E-state index in [2.05, 4.69) is 23.4 Å². The summed E-state index contributed by atoms with van der Waals surface area (Å²) in [5.74, 6) is 0.897. The summed E-state index contributed by atoms with van der Waals surface area (Å²) in [7, 11) is 0. The molecule has 0 aliphatic carbocycles. The topological polar surface area (TPSA) is 17.8 Å². The maximum Gasteiger partial charge on any atom is 0.127 e. The number of aromatic nitrogens is 2. The number of halogens is 2. The first-order valence-electron chi connectivity index (χ1n) is 5.32. The second-order valence-electron chi connectivity index (χ2n) is 4.18. The van der Waals surface area contributed by atoms with Crippen LogP contribution in [0.2, 0.25) is 5.02 Å². The van der Waals surface area contributed by atoms with Gasteiger partial charge in [-0.05, 0) is 39.0 Å². The molecule has 0 unspecified atom stereocenters. The Hall–Kier alpha value is -0.730. The van der Waals surface area contributed by atoms with Gasteiger partial charge in [-0.15, -0.1) is 11.6 Å². The van der Waals surface area contributed by atoms with Crippen molar-refractivity contribution in [2.24, 2.45) is 0 Å². The van der Waals surface area contributed by atoms with Crippen LogP contribution in [0.5, 0.6) is 0 Å². The Balaban J connectivity index is 2.75. The fourth-order valence-corrected chi connectivity index (χ4v) is 2.23. The minimum Gasteiger partial charge on any atom is -0.324 e. The van der Waals surface area contributed by atoms with E-state index in [1.165, 1.54) is 0 Å². The zero-order valence-electron chi connectivity index (χ0n) is 9.54. The molecule has 0 bridgehead atoms. The Kier molecular flexibility index (Phi) is 3.13. The fraction of sp³-hybridized carbons (Fsp3) is 0.417. The lowest BCUT2D eigenvalue weighted by molar-refractivity contribution is 0.584. The summed E-state index contributed by atoms with van der Waals surface area (Å²) in [5, 5.41) is 0.600. The molecule has 0 N–H and O–H groups in total. The van der Waals surface area contributed by atoms with Crippen LogP contribution in [0.4, 0.5) is 0 Å². The van der Waals surface area contributed by atoms with E-state index in [9.17, 15) is 0 Å². The van der Waals surface area contributed by atoms with E-state index < -0.39 is 0 Å². The van der Waals surface area contributed by atoms with Gasteiger partial charge in [-0.1, -0.05) is 11.6 Å². The number of benzene rings is 1. The molecule has 0 aliphatic heterocycles. The van der Waals surface area contributed by atoms with E-state index in [4.69, 9.17) is 23.2 Å². The molecular formula is C12H14Cl2N2. The van der Waals surface area contributed by atoms with Gasteiger partial charge in [-0.25, -0.2) is 4.98 Å². The second kappa shape index (κ2) is 4.27. The number of imidazole rings is 1. The van der Waals surface area contributed by atoms with Gasteiger partial charge >= 0.3 is 0 Å². The summed E-state index contributed by atoms with van der Waals surface area (Å²) >= 11 is 12.1. The molecule has 0 aliphatic rings. The van der Waals surface area contributed by atoms with Crippen molar-refractivity contribution in [3.63, 3.8) is 0 Å². The molecule has 0 radical (unpaired) electrons. The van der Waals surface area contributed by atoms with Crippen molar-refractivity contribution in [3.8, 4) is 0 Å². The SMILES string of the molecule is CC(C)n1c([C@@H](C)Cl)nc2cc(Cl)ccc21. The molecule has 0 spiro atoms. The minimum absolute atomic E-state index is 0.103. The smallest absolute Gasteiger partial charge is 0.127 e. The van der Waals surface area contributed by atoms with Gasteiger partial charge in [0.1, 0.15) is 5.82 Å². The summed E-state index contributed by atoms with van der Waals surface area (Å²) in [5.41, 5.74) is 1.99. The number of hydrogen-bond donors (Lipinski definition) is 0. The van der Waals surface area contributed by atoms with Crippen molar-refractivity contribution >= 4 is 34.2 Å². The quantitative estimate of drug-likeness (QED) is 0.720. The third kappa shape index (κ3) is 1.92. The van der Waals surface area contributed by atoms with Crippen LogP contribution >= 0.6 is 23.2 Å². The number of nitrogens with zero attached hydrogens (tertiary/aromatic N) is 2. The first kappa shape index (κ1) is 11.7. The Morgan fingerprint density at radius 1 is 1.25 bits per heavy atom. The Morgan fingerprint density at radius 3 is 2.50 bits per heavy atom. The summed E-state index contributed by atoms with van der Waals surface area (Å²) in [6.45, 7) is 6.18. The van der Waals surface area contributed by atoms with Gasteiger partial charge in [-0.2, -0.15) is 0 Å². The van der Waals surface area contributed by atoms with Crippen molar-refractivity contribution in [1.82, 2.24) is 9.55 Å². The molecule has 2 nitrogen and oxygen atoms in total. The molecule has 86 valence electrons. The van der Waals surface area contributed by atoms with Crippen LogP contribution in [0, 0.1) is 0 Å². The predicted molar refractivity (Wildman–Crippen MR) is 69.4 cm³/mol. The van der Waals surface area contributed by atoms with Crippen molar-refractivity contribution in [2.45, 2.75) is 32.2 Å². The van der Waals surface area contributed by atoms with Crippen molar-refractivity contribution in [3.05, 3.63) is 29.0 Å². The summed E-state index contributed by atoms with van der Waals surface area (Å²) in [6, 6.07) is 6.08. The molecular weight excluding hydrogens is 243 g/mol. The van der Waals surface area contributed by atoms with Crippen LogP contribution < -0.4 is 0 Å². The van der Waals surface area contributed by atoms with E-state index in [1.54, 1.807) is 0 Å². The van der Waals surface area contributed by atoms with Crippen LogP contribution in [0.1, 0.15) is 38.0 Å². The highest BCUT2D eigenvalue weighted by Gasteiger charge is 2.16. The molecule has 4 heteroatoms. The Labute approximate surface area is 105 Å². The van der Waals surface area contributed by atoms with E-state index in [0.717, 1.165) is 16.9 Å². The van der Waals surface area contributed by atoms with E-state index in [0.29, 0.717) is 11.1 Å². The highest BCUT2D eigenvalue weighted by Crippen LogP contribution is 2.29. The van der Waals surface area contributed by atoms with E-state index in [1.807, 2.05) is 25.1 Å². The number of rotatable bonds is 2. The van der Waals surface area contributed by atoms with Crippen LogP contribution in [-0.4, -0.2) is 9.55 Å². The Bertz CT molecular complexity index is 515. The van der Waals surface area contributed by atoms with Gasteiger partial charge in [0, 0.05) is 11.1 Å². The second-order valence-corrected chi connectivity index (χ2v) is 5.27. The number of fused-ring (bicyclic) bond motifs is 1. The van der Waals surface area contributed by atoms with Crippen LogP contribution in [-0.2, 0) is 0 Å². The molecule has 2 rings (SSSR count). The van der Waals surface area contributed by atoms with Crippen molar-refractivity contribution in [1.29, 1.82) is 0 Å². The van der Waals surface area contributed by atoms with Crippen LogP contribution in [0.3, 0.4) is 0 Å². The van der Waals surface area contributed by atoms with Gasteiger partial charge in [0.15, 0.2) is 0 Å². The first-order chi connectivity index (χ1) is 7.50. The van der Waals surface area contributed by atoms with E-state index >= 15 is 0 Å². The number of alkyl halides is 1. The zero-order chi connectivity index (χ0) is 11.9. The van der Waals surface area contributed by atoms with Gasteiger partial charge < -0.3 is 4.57 Å². The third-order valence-electron chi connectivity index (χ3n) is 2.55. The lowest BCUT2D eigenvalue weighted by Gasteiger charge is -2.13. The first-order valence-corrected chi connectivity index (χ1v) is 6.13. The molecule has 2 aromatic rings. The average molecular weight is 257 g/mol. The van der Waals surface area contributed by atoms with Gasteiger partial charge in [-0.3, -0.25) is 0 Å². The maximum absolute atomic E-state index is 6.15. The Morgan fingerprint density at radius 2 is 1.94 bits per heavy atom. The maximum atomic E-state index is 6.15. The standard InChI is InChI=1S/C12H14Cl2N2/c1-7(2)16-11-5-4-9(14)6-10(11)15-12(16)8(3)13/h4-8H,1-3H3/t8-/m1/s1. The lowest BCUT2D eigenvalue weighted by Crippen LogP contribution is -2.06. The highest BCUT2D eigenvalue weighted by atomic mass is 35.5. The zero-order valence-corrected chi connectivity index (χ0v) is 11.0. The predicted octanol–water partition coefficient (Wildman–Crippen LogP) is 4.57. The van der Waals surface area contributed by atoms with Gasteiger partial charge in [0.25, 0.3) is 0 Å². The normalized spacial score (nSPS) is 13.6. The molecule has 1 aromatic heterocycles. The largest absolute Gasteiger partial charge is 0.324 e. The van der Waals surface area contributed by atoms with Crippen LogP contribution in [0.25, 0.3) is 11.0 Å². The minimum atomic E-state index is -0.103. The molecule has 0 saturated carbocycles. The lowest BCUT2D eigenvalue weighted by atomic mass is 10.3. The molecule has 0 saturated heterocycles. The molecule has 0 amide bonds. The molecule has 16 heavy (non-hydrogen) atoms. The van der Waals surface area contributed by atoms with Gasteiger partial charge in [0.05, 0.1) is 16.4 Å². The summed E-state index contributed by atoms with van der Waals surface area (Å²) in [6.07, 6.45) is 0. The summed E-state index contributed by atoms with van der Waals surface area (Å²) in [4.78, 5) is 4.54. The van der Waals surface area contributed by atoms with Gasteiger partial charge in [0.2, 0.25) is 0 Å². The number of hydrogen-bond acceptors (Lipinski definition) is 1. The molecule has 0 fully saturated rings. The molecule has 1 aromatic carbocycles. The highest BCUT2D eigenvalue weighted by molar-refractivity contribution is 6.31. The summed E-state index contributed by atoms with van der Waals surface area (Å²) < 4.78 is 2.16. The fourth-order valence-electron chi connectivity index (χ4n) is 1.91. The third-order valence-corrected chi connectivity index (χ3v) is 2.98. The van der Waals surface area contributed by atoms with Crippen molar-refractivity contribution < 1.29 is 0 Å². The molecule has 1 atom stereocenters. The molecule has 1 heterocycles. The monoisotopic (exact) mass is 256 g/mol. The van der Waals surface area contributed by atoms with E-state index in [-0.39, 0.29) is 5.38 Å². The van der Waals surface area contributed by atoms with Crippen LogP contribution in [0.15, 0.2) is 18.2 Å². The van der Waals surface area contributed by atoms with Crippen molar-refractivity contribution in [2.75, 3.05) is 0 Å².